The van der Waals surface area contributed by atoms with Crippen LogP contribution in [0.3, 0.4) is 0 Å². The zero-order valence-corrected chi connectivity index (χ0v) is 18.4. The van der Waals surface area contributed by atoms with Gasteiger partial charge in [0.2, 0.25) is 0 Å². The first-order valence-corrected chi connectivity index (χ1v) is 11.6. The van der Waals surface area contributed by atoms with Crippen LogP contribution in [-0.2, 0) is 19.1 Å². The third-order valence-electron chi connectivity index (χ3n) is 5.90. The molecule has 0 spiro atoms. The molecule has 0 fully saturated rings. The molecule has 2 unspecified atom stereocenters. The Labute approximate surface area is 172 Å². The minimum atomic E-state index is -0.398. The summed E-state index contributed by atoms with van der Waals surface area (Å²) in [4.78, 5) is 25.0. The van der Waals surface area contributed by atoms with Gasteiger partial charge in [0.25, 0.3) is 0 Å². The van der Waals surface area contributed by atoms with Gasteiger partial charge in [-0.25, -0.2) is 0 Å². The number of allylic oxidation sites excluding steroid dienone is 2. The van der Waals surface area contributed by atoms with Gasteiger partial charge >= 0.3 is 11.9 Å². The van der Waals surface area contributed by atoms with Gasteiger partial charge < -0.3 is 9.47 Å². The monoisotopic (exact) mass is 394 g/mol. The third kappa shape index (κ3) is 9.75. The lowest BCUT2D eigenvalue weighted by molar-refractivity contribution is -0.161. The summed E-state index contributed by atoms with van der Waals surface area (Å²) in [5.41, 5.74) is 0. The van der Waals surface area contributed by atoms with Crippen molar-refractivity contribution in [3.63, 3.8) is 0 Å². The van der Waals surface area contributed by atoms with Crippen molar-refractivity contribution in [1.82, 2.24) is 0 Å². The Morgan fingerprint density at radius 1 is 0.786 bits per heavy atom. The van der Waals surface area contributed by atoms with Crippen molar-refractivity contribution in [1.29, 1.82) is 0 Å². The number of hydrogen-bond acceptors (Lipinski definition) is 4. The highest BCUT2D eigenvalue weighted by Gasteiger charge is 2.36. The van der Waals surface area contributed by atoms with E-state index in [9.17, 15) is 9.59 Å². The van der Waals surface area contributed by atoms with Crippen molar-refractivity contribution in [3.8, 4) is 0 Å². The van der Waals surface area contributed by atoms with Crippen LogP contribution in [0.2, 0.25) is 0 Å². The Bertz CT molecular complexity index is 454. The normalized spacial score (nSPS) is 19.0. The molecule has 0 bridgehead atoms. The second-order valence-electron chi connectivity index (χ2n) is 8.11. The molecule has 162 valence electrons. The topological polar surface area (TPSA) is 52.6 Å². The Balaban J connectivity index is 2.29. The highest BCUT2D eigenvalue weighted by atomic mass is 16.5. The zero-order chi connectivity index (χ0) is 20.6. The third-order valence-corrected chi connectivity index (χ3v) is 5.90. The molecule has 0 aliphatic heterocycles. The van der Waals surface area contributed by atoms with Gasteiger partial charge in [-0.2, -0.15) is 0 Å². The van der Waals surface area contributed by atoms with Crippen LogP contribution in [-0.4, -0.2) is 25.2 Å². The molecule has 0 amide bonds. The van der Waals surface area contributed by atoms with Gasteiger partial charge in [0, 0.05) is 0 Å². The molecule has 1 aliphatic carbocycles. The first kappa shape index (κ1) is 24.7. The largest absolute Gasteiger partial charge is 0.465 e. The highest BCUT2D eigenvalue weighted by Crippen LogP contribution is 2.28. The Morgan fingerprint density at radius 2 is 1.29 bits per heavy atom. The number of carbonyl (C=O) groups excluding carboxylic acids is 2. The van der Waals surface area contributed by atoms with E-state index in [4.69, 9.17) is 9.47 Å². The van der Waals surface area contributed by atoms with E-state index < -0.39 is 11.8 Å². The smallest absolute Gasteiger partial charge is 0.310 e. The van der Waals surface area contributed by atoms with Crippen molar-refractivity contribution in [2.45, 2.75) is 97.8 Å². The Kier molecular flexibility index (Phi) is 13.8. The fourth-order valence-corrected chi connectivity index (χ4v) is 3.68. The molecule has 4 nitrogen and oxygen atoms in total. The first-order valence-electron chi connectivity index (χ1n) is 11.6. The van der Waals surface area contributed by atoms with Crippen molar-refractivity contribution < 1.29 is 19.1 Å². The summed E-state index contributed by atoms with van der Waals surface area (Å²) in [6.45, 7) is 7.36. The van der Waals surface area contributed by atoms with Crippen molar-refractivity contribution in [2.24, 2.45) is 17.8 Å². The number of rotatable bonds is 15. The van der Waals surface area contributed by atoms with Gasteiger partial charge in [-0.3, -0.25) is 9.59 Å². The molecule has 0 radical (unpaired) electrons. The molecule has 2 atom stereocenters. The number of carbonyl (C=O) groups is 2. The summed E-state index contributed by atoms with van der Waals surface area (Å²) in [6, 6.07) is 0. The maximum atomic E-state index is 12.5. The van der Waals surface area contributed by atoms with Crippen molar-refractivity contribution in [3.05, 3.63) is 12.2 Å². The van der Waals surface area contributed by atoms with Crippen LogP contribution in [0.15, 0.2) is 12.2 Å². The van der Waals surface area contributed by atoms with Crippen molar-refractivity contribution >= 4 is 11.9 Å². The van der Waals surface area contributed by atoms with Crippen LogP contribution in [0.4, 0.5) is 0 Å². The van der Waals surface area contributed by atoms with Crippen LogP contribution in [0.1, 0.15) is 97.8 Å². The summed E-state index contributed by atoms with van der Waals surface area (Å²) < 4.78 is 11.0. The van der Waals surface area contributed by atoms with Crippen LogP contribution in [0, 0.1) is 17.8 Å². The predicted octanol–water partition coefficient (Wildman–Crippen LogP) is 6.23. The van der Waals surface area contributed by atoms with Gasteiger partial charge in [-0.05, 0) is 25.2 Å². The van der Waals surface area contributed by atoms with E-state index >= 15 is 0 Å². The molecular weight excluding hydrogens is 352 g/mol. The predicted molar refractivity (Wildman–Crippen MR) is 114 cm³/mol. The fourth-order valence-electron chi connectivity index (χ4n) is 3.68. The van der Waals surface area contributed by atoms with Gasteiger partial charge in [-0.15, -0.1) is 0 Å². The maximum absolute atomic E-state index is 12.5. The molecule has 0 aromatic rings. The quantitative estimate of drug-likeness (QED) is 0.188. The summed E-state index contributed by atoms with van der Waals surface area (Å²) in [6.07, 6.45) is 16.8. The van der Waals surface area contributed by atoms with Crippen molar-refractivity contribution in [2.75, 3.05) is 13.2 Å². The van der Waals surface area contributed by atoms with Gasteiger partial charge in [0.1, 0.15) is 0 Å². The molecule has 1 rings (SSSR count). The highest BCUT2D eigenvalue weighted by molar-refractivity contribution is 5.82. The zero-order valence-electron chi connectivity index (χ0n) is 18.4. The molecule has 0 heterocycles. The Hall–Kier alpha value is -1.32. The van der Waals surface area contributed by atoms with Gasteiger partial charge in [0.15, 0.2) is 0 Å². The molecule has 0 aromatic heterocycles. The molecule has 28 heavy (non-hydrogen) atoms. The van der Waals surface area contributed by atoms with Crippen LogP contribution >= 0.6 is 0 Å². The maximum Gasteiger partial charge on any atom is 0.310 e. The lowest BCUT2D eigenvalue weighted by Crippen LogP contribution is -2.34. The second kappa shape index (κ2) is 15.6. The SMILES string of the molecule is CCCCCCCCCCOC(=O)C1CC=CCC1C(=O)OCC(CC)CC. The second-order valence-corrected chi connectivity index (χ2v) is 8.11. The van der Waals surface area contributed by atoms with E-state index in [1.165, 1.54) is 38.5 Å². The van der Waals surface area contributed by atoms with E-state index in [0.717, 1.165) is 25.7 Å². The summed E-state index contributed by atoms with van der Waals surface area (Å²) in [5.74, 6) is -0.879. The number of ether oxygens (including phenoxy) is 2. The molecular formula is C24H42O4. The van der Waals surface area contributed by atoms with E-state index in [0.29, 0.717) is 32.0 Å². The van der Waals surface area contributed by atoms with E-state index in [1.807, 2.05) is 12.2 Å². The van der Waals surface area contributed by atoms with Crippen LogP contribution < -0.4 is 0 Å². The summed E-state index contributed by atoms with van der Waals surface area (Å²) in [7, 11) is 0. The fraction of sp³-hybridized carbons (Fsp3) is 0.833. The standard InChI is InChI=1S/C24H42O4/c1-4-7-8-9-10-11-12-15-18-27-23(25)21-16-13-14-17-22(21)24(26)28-19-20(5-2)6-3/h13-14,20-22H,4-12,15-19H2,1-3H3. The Morgan fingerprint density at radius 3 is 1.82 bits per heavy atom. The molecule has 0 N–H and O–H groups in total. The van der Waals surface area contributed by atoms with Gasteiger partial charge in [0.05, 0.1) is 25.0 Å². The molecule has 0 aromatic carbocycles. The molecule has 1 aliphatic rings. The minimum Gasteiger partial charge on any atom is -0.465 e. The average molecular weight is 395 g/mol. The average Bonchev–Trinajstić information content (AvgIpc) is 2.73. The van der Waals surface area contributed by atoms with E-state index in [2.05, 4.69) is 20.8 Å². The lowest BCUT2D eigenvalue weighted by Gasteiger charge is -2.26. The summed E-state index contributed by atoms with van der Waals surface area (Å²) >= 11 is 0. The van der Waals surface area contributed by atoms with E-state index in [1.54, 1.807) is 0 Å². The number of unbranched alkanes of at least 4 members (excludes halogenated alkanes) is 7. The van der Waals surface area contributed by atoms with Crippen LogP contribution in [0.5, 0.6) is 0 Å². The molecule has 4 heteroatoms. The number of esters is 2. The molecule has 0 saturated carbocycles. The minimum absolute atomic E-state index is 0.239. The molecule has 0 saturated heterocycles. The number of hydrogen-bond donors (Lipinski definition) is 0. The summed E-state index contributed by atoms with van der Waals surface area (Å²) in [5, 5.41) is 0. The van der Waals surface area contributed by atoms with Crippen LogP contribution in [0.25, 0.3) is 0 Å². The first-order chi connectivity index (χ1) is 13.6. The van der Waals surface area contributed by atoms with Gasteiger partial charge in [-0.1, -0.05) is 90.7 Å². The lowest BCUT2D eigenvalue weighted by atomic mass is 9.83. The van der Waals surface area contributed by atoms with E-state index in [-0.39, 0.29) is 11.9 Å².